The minimum absolute atomic E-state index is 0.157. The number of hydrogen-bond donors (Lipinski definition) is 1. The smallest absolute Gasteiger partial charge is 0.254 e. The molecule has 0 aliphatic carbocycles. The highest BCUT2D eigenvalue weighted by molar-refractivity contribution is 5.81. The number of hydrogen-bond acceptors (Lipinski definition) is 6. The number of fused-ring (bicyclic) bond motifs is 2. The highest BCUT2D eigenvalue weighted by atomic mass is 16.5. The molecule has 2 aromatic heterocycles. The summed E-state index contributed by atoms with van der Waals surface area (Å²) in [6.07, 6.45) is 0.896. The number of aromatic amines is 1. The third-order valence-corrected chi connectivity index (χ3v) is 6.66. The number of benzene rings is 3. The van der Waals surface area contributed by atoms with Gasteiger partial charge in [-0.1, -0.05) is 48.5 Å². The molecule has 180 valence electrons. The van der Waals surface area contributed by atoms with Gasteiger partial charge in [0.05, 0.1) is 13.2 Å². The number of H-pyrrole nitrogens is 1. The Morgan fingerprint density at radius 1 is 1.03 bits per heavy atom. The van der Waals surface area contributed by atoms with Gasteiger partial charge >= 0.3 is 0 Å². The Balaban J connectivity index is 1.52. The van der Waals surface area contributed by atoms with Crippen LogP contribution in [0.2, 0.25) is 0 Å². The predicted molar refractivity (Wildman–Crippen MR) is 138 cm³/mol. The van der Waals surface area contributed by atoms with Crippen molar-refractivity contribution < 1.29 is 4.74 Å². The molecule has 0 saturated carbocycles. The Morgan fingerprint density at radius 2 is 1.86 bits per heavy atom. The molecule has 8 nitrogen and oxygen atoms in total. The Labute approximate surface area is 208 Å². The zero-order chi connectivity index (χ0) is 24.5. The summed E-state index contributed by atoms with van der Waals surface area (Å²) in [4.78, 5) is 18.8. The second-order valence-corrected chi connectivity index (χ2v) is 8.89. The molecule has 0 saturated heterocycles. The number of ether oxygens (including phenoxy) is 1. The molecule has 0 radical (unpaired) electrons. The monoisotopic (exact) mass is 478 g/mol. The van der Waals surface area contributed by atoms with Gasteiger partial charge in [-0.15, -0.1) is 5.10 Å². The third-order valence-electron chi connectivity index (χ3n) is 6.66. The van der Waals surface area contributed by atoms with Crippen molar-refractivity contribution in [3.8, 4) is 5.75 Å². The maximum atomic E-state index is 13.5. The Hall–Kier alpha value is -4.46. The summed E-state index contributed by atoms with van der Waals surface area (Å²) < 4.78 is 7.50. The molecule has 0 bridgehead atoms. The first kappa shape index (κ1) is 22.0. The molecule has 0 spiro atoms. The van der Waals surface area contributed by atoms with Crippen LogP contribution in [0.4, 0.5) is 5.69 Å². The summed E-state index contributed by atoms with van der Waals surface area (Å²) in [6.45, 7) is 3.80. The van der Waals surface area contributed by atoms with E-state index in [1.807, 2.05) is 67.6 Å². The molecule has 3 heterocycles. The van der Waals surface area contributed by atoms with E-state index in [0.29, 0.717) is 24.5 Å². The normalized spacial score (nSPS) is 13.6. The van der Waals surface area contributed by atoms with E-state index in [0.717, 1.165) is 40.9 Å². The number of rotatable bonds is 7. The maximum absolute atomic E-state index is 13.5. The van der Waals surface area contributed by atoms with Crippen molar-refractivity contribution in [1.29, 1.82) is 0 Å². The van der Waals surface area contributed by atoms with Crippen molar-refractivity contribution in [2.24, 2.45) is 0 Å². The summed E-state index contributed by atoms with van der Waals surface area (Å²) in [5, 5.41) is 13.7. The molecule has 5 aromatic rings. The molecular formula is C28H26N6O2. The second kappa shape index (κ2) is 9.30. The number of anilines is 1. The fourth-order valence-corrected chi connectivity index (χ4v) is 5.02. The molecule has 36 heavy (non-hydrogen) atoms. The van der Waals surface area contributed by atoms with Crippen LogP contribution in [0.15, 0.2) is 83.7 Å². The van der Waals surface area contributed by atoms with Gasteiger partial charge in [-0.25, -0.2) is 4.68 Å². The third kappa shape index (κ3) is 4.00. The molecule has 1 aliphatic rings. The molecular weight excluding hydrogens is 452 g/mol. The van der Waals surface area contributed by atoms with Gasteiger partial charge in [0, 0.05) is 28.7 Å². The summed E-state index contributed by atoms with van der Waals surface area (Å²) in [5.74, 6) is 1.39. The van der Waals surface area contributed by atoms with E-state index in [9.17, 15) is 4.79 Å². The Morgan fingerprint density at radius 3 is 2.72 bits per heavy atom. The van der Waals surface area contributed by atoms with Crippen LogP contribution in [-0.2, 0) is 13.0 Å². The first-order chi connectivity index (χ1) is 17.7. The number of nitrogens with one attached hydrogen (secondary N) is 1. The van der Waals surface area contributed by atoms with Gasteiger partial charge in [0.2, 0.25) is 0 Å². The van der Waals surface area contributed by atoms with Crippen LogP contribution in [0.5, 0.6) is 5.75 Å². The average Bonchev–Trinajstić information content (AvgIpc) is 3.53. The van der Waals surface area contributed by atoms with E-state index in [1.165, 1.54) is 5.56 Å². The van der Waals surface area contributed by atoms with Crippen LogP contribution in [0, 0.1) is 0 Å². The van der Waals surface area contributed by atoms with Crippen molar-refractivity contribution >= 4 is 16.6 Å². The molecule has 0 unspecified atom stereocenters. The summed E-state index contributed by atoms with van der Waals surface area (Å²) in [6, 6.07) is 25.6. The highest BCUT2D eigenvalue weighted by Crippen LogP contribution is 2.37. The average molecular weight is 479 g/mol. The molecule has 1 N–H and O–H groups in total. The Kier molecular flexibility index (Phi) is 5.69. The largest absolute Gasteiger partial charge is 0.494 e. The predicted octanol–water partition coefficient (Wildman–Crippen LogP) is 4.11. The second-order valence-electron chi connectivity index (χ2n) is 8.89. The van der Waals surface area contributed by atoms with Crippen LogP contribution in [0.25, 0.3) is 10.9 Å². The van der Waals surface area contributed by atoms with Gasteiger partial charge in [0.25, 0.3) is 5.56 Å². The van der Waals surface area contributed by atoms with Gasteiger partial charge in [-0.2, -0.15) is 0 Å². The lowest BCUT2D eigenvalue weighted by Gasteiger charge is -2.29. The zero-order valence-corrected chi connectivity index (χ0v) is 20.0. The minimum Gasteiger partial charge on any atom is -0.494 e. The number of aromatic nitrogens is 5. The number of para-hydroxylation sites is 1. The maximum Gasteiger partial charge on any atom is 0.254 e. The van der Waals surface area contributed by atoms with Crippen molar-refractivity contribution in [2.75, 3.05) is 18.1 Å². The minimum atomic E-state index is -0.462. The molecule has 0 fully saturated rings. The van der Waals surface area contributed by atoms with Crippen LogP contribution >= 0.6 is 0 Å². The molecule has 3 aromatic carbocycles. The van der Waals surface area contributed by atoms with E-state index in [2.05, 4.69) is 43.6 Å². The summed E-state index contributed by atoms with van der Waals surface area (Å²) >= 11 is 0. The van der Waals surface area contributed by atoms with Gasteiger partial charge in [0.15, 0.2) is 5.82 Å². The Bertz CT molecular complexity index is 1580. The van der Waals surface area contributed by atoms with Crippen molar-refractivity contribution in [2.45, 2.75) is 25.9 Å². The van der Waals surface area contributed by atoms with Gasteiger partial charge < -0.3 is 14.6 Å². The van der Waals surface area contributed by atoms with Crippen LogP contribution in [0.1, 0.15) is 35.5 Å². The van der Waals surface area contributed by atoms with Crippen molar-refractivity contribution in [3.63, 3.8) is 0 Å². The molecule has 8 heteroatoms. The van der Waals surface area contributed by atoms with E-state index < -0.39 is 6.04 Å². The van der Waals surface area contributed by atoms with Crippen molar-refractivity contribution in [3.05, 3.63) is 112 Å². The molecule has 1 atom stereocenters. The zero-order valence-electron chi connectivity index (χ0n) is 20.0. The fraction of sp³-hybridized carbons (Fsp3) is 0.214. The van der Waals surface area contributed by atoms with E-state index in [-0.39, 0.29) is 5.56 Å². The standard InChI is InChI=1S/C28H26N6O2/c1-2-36-22-12-13-24-21(16-22)17-23(28(35)29-24)26(33-15-14-20-10-6-7-11-25(20)33)27-30-31-32-34(27)18-19-8-4-3-5-9-19/h3-13,16-17,26H,2,14-15,18H2,1H3,(H,29,35)/t26-/m1/s1. The first-order valence-electron chi connectivity index (χ1n) is 12.2. The highest BCUT2D eigenvalue weighted by Gasteiger charge is 2.34. The van der Waals surface area contributed by atoms with Crippen LogP contribution in [-0.4, -0.2) is 38.3 Å². The molecule has 6 rings (SSSR count). The lowest BCUT2D eigenvalue weighted by molar-refractivity contribution is 0.340. The van der Waals surface area contributed by atoms with Crippen molar-refractivity contribution in [1.82, 2.24) is 25.2 Å². The van der Waals surface area contributed by atoms with E-state index in [4.69, 9.17) is 4.74 Å². The van der Waals surface area contributed by atoms with E-state index in [1.54, 1.807) is 4.68 Å². The van der Waals surface area contributed by atoms with E-state index >= 15 is 0 Å². The van der Waals surface area contributed by atoms with Gasteiger partial charge in [0.1, 0.15) is 11.8 Å². The topological polar surface area (TPSA) is 88.9 Å². The quantitative estimate of drug-likeness (QED) is 0.379. The molecule has 1 aliphatic heterocycles. The lowest BCUT2D eigenvalue weighted by Crippen LogP contribution is -2.34. The fourth-order valence-electron chi connectivity index (χ4n) is 5.02. The lowest BCUT2D eigenvalue weighted by atomic mass is 10.0. The number of tetrazole rings is 1. The molecule has 0 amide bonds. The number of nitrogens with zero attached hydrogens (tertiary/aromatic N) is 5. The summed E-state index contributed by atoms with van der Waals surface area (Å²) in [5.41, 5.74) is 4.63. The first-order valence-corrected chi connectivity index (χ1v) is 12.2. The number of pyridine rings is 1. The van der Waals surface area contributed by atoms with Gasteiger partial charge in [-0.3, -0.25) is 4.79 Å². The van der Waals surface area contributed by atoms with Crippen LogP contribution in [0.3, 0.4) is 0 Å². The van der Waals surface area contributed by atoms with Crippen LogP contribution < -0.4 is 15.2 Å². The SMILES string of the molecule is CCOc1ccc2[nH]c(=O)c([C@H](c3nnnn3Cc3ccccc3)N3CCc4ccccc43)cc2c1. The van der Waals surface area contributed by atoms with Gasteiger partial charge in [-0.05, 0) is 65.2 Å². The summed E-state index contributed by atoms with van der Waals surface area (Å²) in [7, 11) is 0.